The lowest BCUT2D eigenvalue weighted by atomic mass is 10.2. The van der Waals surface area contributed by atoms with Gasteiger partial charge in [0.25, 0.3) is 0 Å². The third kappa shape index (κ3) is 3.29. The van der Waals surface area contributed by atoms with Crippen molar-refractivity contribution < 1.29 is 14.4 Å². The maximum absolute atomic E-state index is 12.0. The van der Waals surface area contributed by atoms with Crippen LogP contribution < -0.4 is 10.6 Å². The van der Waals surface area contributed by atoms with Gasteiger partial charge in [-0.1, -0.05) is 6.92 Å². The topological polar surface area (TPSA) is 78.5 Å². The maximum Gasteiger partial charge on any atom is 0.247 e. The third-order valence-corrected chi connectivity index (χ3v) is 3.10. The minimum Gasteiger partial charge on any atom is -0.355 e. The molecule has 1 aliphatic rings. The fourth-order valence-corrected chi connectivity index (χ4v) is 1.93. The van der Waals surface area contributed by atoms with Crippen LogP contribution >= 0.6 is 0 Å². The van der Waals surface area contributed by atoms with E-state index in [0.717, 1.165) is 6.42 Å². The van der Waals surface area contributed by atoms with Gasteiger partial charge in [-0.25, -0.2) is 0 Å². The van der Waals surface area contributed by atoms with E-state index in [0.29, 0.717) is 6.54 Å². The molecule has 0 aromatic carbocycles. The Bertz CT molecular complexity index is 343. The molecule has 1 fully saturated rings. The highest BCUT2D eigenvalue weighted by Gasteiger charge is 2.40. The van der Waals surface area contributed by atoms with Crippen molar-refractivity contribution in [3.05, 3.63) is 0 Å². The van der Waals surface area contributed by atoms with E-state index >= 15 is 0 Å². The number of likely N-dealkylation sites (N-methyl/N-ethyl adjacent to an activating group) is 1. The van der Waals surface area contributed by atoms with E-state index in [4.69, 9.17) is 0 Å². The van der Waals surface area contributed by atoms with Crippen LogP contribution in [0.4, 0.5) is 0 Å². The molecule has 18 heavy (non-hydrogen) atoms. The summed E-state index contributed by atoms with van der Waals surface area (Å²) in [5.74, 6) is -0.555. The Balaban J connectivity index is 2.53. The second kappa shape index (κ2) is 6.49. The van der Waals surface area contributed by atoms with Crippen LogP contribution in [0.2, 0.25) is 0 Å². The first-order chi connectivity index (χ1) is 8.51. The fourth-order valence-electron chi connectivity index (χ4n) is 1.93. The van der Waals surface area contributed by atoms with Crippen LogP contribution in [0, 0.1) is 0 Å². The summed E-state index contributed by atoms with van der Waals surface area (Å²) in [5, 5.41) is 5.46. The largest absolute Gasteiger partial charge is 0.355 e. The Morgan fingerprint density at radius 3 is 2.67 bits per heavy atom. The molecule has 6 nitrogen and oxygen atoms in total. The van der Waals surface area contributed by atoms with Gasteiger partial charge >= 0.3 is 0 Å². The zero-order chi connectivity index (χ0) is 13.7. The molecule has 2 atom stereocenters. The molecule has 6 heteroatoms. The number of rotatable bonds is 6. The standard InChI is InChI=1S/C12H21N3O3/c1-4-8(3)15-11(17)6-9(12(15)18)14-7-10(16)13-5-2/h8-9,14H,4-7H2,1-3H3,(H,13,16). The Kier molecular flexibility index (Phi) is 5.27. The van der Waals surface area contributed by atoms with E-state index in [1.165, 1.54) is 4.90 Å². The SMILES string of the molecule is CCNC(=O)CNC1CC(=O)N(C(C)CC)C1=O. The summed E-state index contributed by atoms with van der Waals surface area (Å²) in [6.45, 7) is 6.22. The molecule has 0 bridgehead atoms. The van der Waals surface area contributed by atoms with E-state index in [-0.39, 0.29) is 36.7 Å². The summed E-state index contributed by atoms with van der Waals surface area (Å²) in [4.78, 5) is 36.3. The number of hydrogen-bond donors (Lipinski definition) is 2. The van der Waals surface area contributed by atoms with Crippen molar-refractivity contribution in [3.63, 3.8) is 0 Å². The molecule has 0 radical (unpaired) electrons. The molecule has 3 amide bonds. The maximum atomic E-state index is 12.0. The van der Waals surface area contributed by atoms with Gasteiger partial charge in [0.15, 0.2) is 0 Å². The predicted molar refractivity (Wildman–Crippen MR) is 66.7 cm³/mol. The number of imide groups is 1. The summed E-state index contributed by atoms with van der Waals surface area (Å²) in [5.41, 5.74) is 0. The fraction of sp³-hybridized carbons (Fsp3) is 0.750. The number of carbonyl (C=O) groups excluding carboxylic acids is 3. The van der Waals surface area contributed by atoms with Gasteiger partial charge in [-0.2, -0.15) is 0 Å². The second-order valence-corrected chi connectivity index (χ2v) is 4.45. The number of amides is 3. The minimum absolute atomic E-state index is 0.0614. The highest BCUT2D eigenvalue weighted by Crippen LogP contribution is 2.17. The third-order valence-electron chi connectivity index (χ3n) is 3.10. The van der Waals surface area contributed by atoms with Gasteiger partial charge in [-0.15, -0.1) is 0 Å². The minimum atomic E-state index is -0.561. The summed E-state index contributed by atoms with van der Waals surface area (Å²) >= 11 is 0. The Morgan fingerprint density at radius 2 is 2.11 bits per heavy atom. The average Bonchev–Trinajstić information content (AvgIpc) is 2.61. The van der Waals surface area contributed by atoms with Crippen LogP contribution in [0.15, 0.2) is 0 Å². The van der Waals surface area contributed by atoms with Gasteiger partial charge in [0, 0.05) is 12.6 Å². The lowest BCUT2D eigenvalue weighted by Gasteiger charge is -2.21. The molecule has 0 aromatic rings. The summed E-state index contributed by atoms with van der Waals surface area (Å²) < 4.78 is 0. The second-order valence-electron chi connectivity index (χ2n) is 4.45. The van der Waals surface area contributed by atoms with Gasteiger partial charge < -0.3 is 5.32 Å². The van der Waals surface area contributed by atoms with Gasteiger partial charge in [0.05, 0.1) is 19.0 Å². The van der Waals surface area contributed by atoms with Crippen LogP contribution in [0.3, 0.4) is 0 Å². The van der Waals surface area contributed by atoms with Crippen molar-refractivity contribution in [2.45, 2.75) is 45.7 Å². The van der Waals surface area contributed by atoms with Gasteiger partial charge in [0.2, 0.25) is 17.7 Å². The molecule has 1 saturated heterocycles. The first-order valence-corrected chi connectivity index (χ1v) is 6.37. The van der Waals surface area contributed by atoms with Gasteiger partial charge in [-0.05, 0) is 20.3 Å². The number of nitrogens with zero attached hydrogens (tertiary/aromatic N) is 1. The van der Waals surface area contributed by atoms with E-state index in [9.17, 15) is 14.4 Å². The summed E-state index contributed by atoms with van der Waals surface area (Å²) in [6.07, 6.45) is 0.878. The zero-order valence-corrected chi connectivity index (χ0v) is 11.2. The quantitative estimate of drug-likeness (QED) is 0.635. The molecular weight excluding hydrogens is 234 g/mol. The lowest BCUT2D eigenvalue weighted by Crippen LogP contribution is -2.45. The average molecular weight is 255 g/mol. The van der Waals surface area contributed by atoms with Crippen LogP contribution in [-0.2, 0) is 14.4 Å². The molecule has 0 saturated carbocycles. The molecule has 1 aliphatic heterocycles. The first kappa shape index (κ1) is 14.6. The molecule has 0 spiro atoms. The Morgan fingerprint density at radius 1 is 1.44 bits per heavy atom. The number of hydrogen-bond acceptors (Lipinski definition) is 4. The van der Waals surface area contributed by atoms with Crippen molar-refractivity contribution >= 4 is 17.7 Å². The summed E-state index contributed by atoms with van der Waals surface area (Å²) in [7, 11) is 0. The van der Waals surface area contributed by atoms with E-state index in [1.807, 2.05) is 20.8 Å². The molecule has 0 aliphatic carbocycles. The molecule has 1 rings (SSSR count). The molecule has 2 N–H and O–H groups in total. The van der Waals surface area contributed by atoms with E-state index < -0.39 is 6.04 Å². The van der Waals surface area contributed by atoms with Crippen LogP contribution in [0.25, 0.3) is 0 Å². The van der Waals surface area contributed by atoms with Crippen molar-refractivity contribution in [2.24, 2.45) is 0 Å². The first-order valence-electron chi connectivity index (χ1n) is 6.37. The number of carbonyl (C=O) groups is 3. The molecular formula is C12H21N3O3. The van der Waals surface area contributed by atoms with Gasteiger partial charge in [-0.3, -0.25) is 24.6 Å². The predicted octanol–water partition coefficient (Wildman–Crippen LogP) is -0.362. The zero-order valence-electron chi connectivity index (χ0n) is 11.2. The Hall–Kier alpha value is -1.43. The normalized spacial score (nSPS) is 21.3. The van der Waals surface area contributed by atoms with Crippen LogP contribution in [0.5, 0.6) is 0 Å². The molecule has 102 valence electrons. The molecule has 1 heterocycles. The smallest absolute Gasteiger partial charge is 0.247 e. The molecule has 2 unspecified atom stereocenters. The lowest BCUT2D eigenvalue weighted by molar-refractivity contribution is -0.141. The van der Waals surface area contributed by atoms with Crippen LogP contribution in [0.1, 0.15) is 33.6 Å². The van der Waals surface area contributed by atoms with E-state index in [1.54, 1.807) is 0 Å². The van der Waals surface area contributed by atoms with Gasteiger partial charge in [0.1, 0.15) is 0 Å². The number of likely N-dealkylation sites (tertiary alicyclic amines) is 1. The highest BCUT2D eigenvalue weighted by molar-refractivity contribution is 6.06. The number of nitrogens with one attached hydrogen (secondary N) is 2. The van der Waals surface area contributed by atoms with E-state index in [2.05, 4.69) is 10.6 Å². The molecule has 0 aromatic heterocycles. The van der Waals surface area contributed by atoms with Crippen molar-refractivity contribution in [1.82, 2.24) is 15.5 Å². The van der Waals surface area contributed by atoms with Crippen molar-refractivity contribution in [2.75, 3.05) is 13.1 Å². The summed E-state index contributed by atoms with van der Waals surface area (Å²) in [6, 6.07) is -0.643. The van der Waals surface area contributed by atoms with Crippen molar-refractivity contribution in [3.8, 4) is 0 Å². The van der Waals surface area contributed by atoms with Crippen LogP contribution in [-0.4, -0.2) is 47.8 Å². The van der Waals surface area contributed by atoms with Crippen molar-refractivity contribution in [1.29, 1.82) is 0 Å². The highest BCUT2D eigenvalue weighted by atomic mass is 16.2. The monoisotopic (exact) mass is 255 g/mol. The Labute approximate surface area is 107 Å².